The number of halogens is 1. The summed E-state index contributed by atoms with van der Waals surface area (Å²) in [6.45, 7) is 1.58. The molecule has 0 heterocycles. The number of amides is 1. The Morgan fingerprint density at radius 1 is 1.47 bits per heavy atom. The molecular formula is C14H16INO3. The zero-order chi connectivity index (χ0) is 14.0. The van der Waals surface area contributed by atoms with E-state index in [0.29, 0.717) is 0 Å². The van der Waals surface area contributed by atoms with Crippen LogP contribution in [0.25, 0.3) is 0 Å². The van der Waals surface area contributed by atoms with Crippen LogP contribution in [0.4, 0.5) is 0 Å². The molecule has 1 aromatic carbocycles. The van der Waals surface area contributed by atoms with Gasteiger partial charge < -0.3 is 10.0 Å². The number of carboxylic acids is 1. The van der Waals surface area contributed by atoms with Gasteiger partial charge in [-0.25, -0.2) is 4.79 Å². The molecule has 1 N–H and O–H groups in total. The first-order chi connectivity index (χ1) is 8.99. The second-order valence-electron chi connectivity index (χ2n) is 4.85. The standard InChI is InChI=1S/C14H16INO3/c1-9(14(18)19)16(12-5-6-12)13(17)8-10-3-2-4-11(15)7-10/h2-4,7,9,12H,5-6,8H2,1H3,(H,18,19). The molecule has 2 rings (SSSR count). The number of aliphatic carboxylic acids is 1. The number of carbonyl (C=O) groups excluding carboxylic acids is 1. The van der Waals surface area contributed by atoms with Gasteiger partial charge in [0.05, 0.1) is 6.42 Å². The highest BCUT2D eigenvalue weighted by Gasteiger charge is 2.38. The fraction of sp³-hybridized carbons (Fsp3) is 0.429. The van der Waals surface area contributed by atoms with E-state index in [1.807, 2.05) is 24.3 Å². The summed E-state index contributed by atoms with van der Waals surface area (Å²) in [4.78, 5) is 24.9. The first-order valence-corrected chi connectivity index (χ1v) is 7.35. The van der Waals surface area contributed by atoms with E-state index in [4.69, 9.17) is 5.11 Å². The molecule has 1 aromatic rings. The van der Waals surface area contributed by atoms with Gasteiger partial charge in [0.15, 0.2) is 0 Å². The summed E-state index contributed by atoms with van der Waals surface area (Å²) < 4.78 is 1.08. The largest absolute Gasteiger partial charge is 0.480 e. The van der Waals surface area contributed by atoms with Gasteiger partial charge in [-0.3, -0.25) is 4.79 Å². The highest BCUT2D eigenvalue weighted by atomic mass is 127. The Morgan fingerprint density at radius 3 is 2.68 bits per heavy atom. The van der Waals surface area contributed by atoms with Crippen molar-refractivity contribution in [2.75, 3.05) is 0 Å². The van der Waals surface area contributed by atoms with E-state index in [1.165, 1.54) is 4.90 Å². The number of carboxylic acid groups (broad SMARTS) is 1. The lowest BCUT2D eigenvalue weighted by Gasteiger charge is -2.26. The molecule has 4 nitrogen and oxygen atoms in total. The summed E-state index contributed by atoms with van der Waals surface area (Å²) >= 11 is 2.20. The summed E-state index contributed by atoms with van der Waals surface area (Å²) in [6, 6.07) is 7.09. The highest BCUT2D eigenvalue weighted by molar-refractivity contribution is 14.1. The minimum Gasteiger partial charge on any atom is -0.480 e. The van der Waals surface area contributed by atoms with Crippen LogP contribution < -0.4 is 0 Å². The van der Waals surface area contributed by atoms with Gasteiger partial charge in [0.2, 0.25) is 5.91 Å². The normalized spacial score (nSPS) is 15.9. The molecule has 19 heavy (non-hydrogen) atoms. The minimum absolute atomic E-state index is 0.0978. The van der Waals surface area contributed by atoms with Crippen molar-refractivity contribution in [3.8, 4) is 0 Å². The molecule has 1 amide bonds. The Hall–Kier alpha value is -1.11. The first-order valence-electron chi connectivity index (χ1n) is 6.27. The third kappa shape index (κ3) is 3.68. The molecule has 0 spiro atoms. The molecule has 1 atom stereocenters. The molecule has 1 fully saturated rings. The number of nitrogens with zero attached hydrogens (tertiary/aromatic N) is 1. The summed E-state index contributed by atoms with van der Waals surface area (Å²) in [5, 5.41) is 9.09. The van der Waals surface area contributed by atoms with E-state index in [1.54, 1.807) is 6.92 Å². The van der Waals surface area contributed by atoms with Crippen molar-refractivity contribution < 1.29 is 14.7 Å². The van der Waals surface area contributed by atoms with Gasteiger partial charge in [-0.15, -0.1) is 0 Å². The van der Waals surface area contributed by atoms with E-state index < -0.39 is 12.0 Å². The summed E-state index contributed by atoms with van der Waals surface area (Å²) in [5.74, 6) is -1.04. The number of rotatable bonds is 5. The van der Waals surface area contributed by atoms with Gasteiger partial charge in [0.1, 0.15) is 6.04 Å². The van der Waals surface area contributed by atoms with Gasteiger partial charge in [0.25, 0.3) is 0 Å². The van der Waals surface area contributed by atoms with Gasteiger partial charge in [-0.1, -0.05) is 12.1 Å². The maximum Gasteiger partial charge on any atom is 0.326 e. The van der Waals surface area contributed by atoms with Crippen molar-refractivity contribution >= 4 is 34.5 Å². The molecule has 5 heteroatoms. The minimum atomic E-state index is -0.942. The van der Waals surface area contributed by atoms with Crippen LogP contribution >= 0.6 is 22.6 Å². The predicted molar refractivity (Wildman–Crippen MR) is 79.8 cm³/mol. The molecule has 0 saturated heterocycles. The van der Waals surface area contributed by atoms with Crippen molar-refractivity contribution in [2.45, 2.75) is 38.3 Å². The van der Waals surface area contributed by atoms with Gasteiger partial charge in [0, 0.05) is 9.61 Å². The van der Waals surface area contributed by atoms with Gasteiger partial charge in [-0.2, -0.15) is 0 Å². The van der Waals surface area contributed by atoms with E-state index in [0.717, 1.165) is 22.0 Å². The van der Waals surface area contributed by atoms with Crippen LogP contribution in [0, 0.1) is 3.57 Å². The summed E-state index contributed by atoms with van der Waals surface area (Å²) in [5.41, 5.74) is 0.931. The number of benzene rings is 1. The Morgan fingerprint density at radius 2 is 2.16 bits per heavy atom. The fourth-order valence-electron chi connectivity index (χ4n) is 2.12. The zero-order valence-corrected chi connectivity index (χ0v) is 12.8. The maximum atomic E-state index is 12.3. The summed E-state index contributed by atoms with van der Waals surface area (Å²) in [6.07, 6.45) is 2.09. The lowest BCUT2D eigenvalue weighted by molar-refractivity contribution is -0.149. The third-order valence-electron chi connectivity index (χ3n) is 3.25. The molecule has 1 saturated carbocycles. The number of hydrogen-bond donors (Lipinski definition) is 1. The van der Waals surface area contributed by atoms with Crippen LogP contribution in [-0.4, -0.2) is 34.0 Å². The van der Waals surface area contributed by atoms with Crippen LogP contribution in [0.5, 0.6) is 0 Å². The second-order valence-corrected chi connectivity index (χ2v) is 6.10. The average molecular weight is 373 g/mol. The maximum absolute atomic E-state index is 12.3. The molecule has 0 aliphatic heterocycles. The molecular weight excluding hydrogens is 357 g/mol. The quantitative estimate of drug-likeness (QED) is 0.806. The second kappa shape index (κ2) is 5.90. The predicted octanol–water partition coefficient (Wildman–Crippen LogP) is 2.30. The van der Waals surface area contributed by atoms with Crippen molar-refractivity contribution in [2.24, 2.45) is 0 Å². The number of hydrogen-bond acceptors (Lipinski definition) is 2. The molecule has 1 unspecified atom stereocenters. The van der Waals surface area contributed by atoms with E-state index in [2.05, 4.69) is 22.6 Å². The first kappa shape index (κ1) is 14.3. The van der Waals surface area contributed by atoms with Crippen LogP contribution in [0.1, 0.15) is 25.3 Å². The van der Waals surface area contributed by atoms with Crippen LogP contribution in [0.3, 0.4) is 0 Å². The van der Waals surface area contributed by atoms with Crippen molar-refractivity contribution in [1.29, 1.82) is 0 Å². The molecule has 1 aliphatic carbocycles. The van der Waals surface area contributed by atoms with Gasteiger partial charge >= 0.3 is 5.97 Å². The molecule has 1 aliphatic rings. The Labute approximate surface area is 125 Å². The Kier molecular flexibility index (Phi) is 4.44. The average Bonchev–Trinajstić information content (AvgIpc) is 3.13. The fourth-order valence-corrected chi connectivity index (χ4v) is 2.73. The van der Waals surface area contributed by atoms with Crippen LogP contribution in [0.2, 0.25) is 0 Å². The lowest BCUT2D eigenvalue weighted by atomic mass is 10.1. The smallest absolute Gasteiger partial charge is 0.326 e. The molecule has 0 bridgehead atoms. The topological polar surface area (TPSA) is 57.6 Å². The van der Waals surface area contributed by atoms with E-state index in [9.17, 15) is 9.59 Å². The summed E-state index contributed by atoms with van der Waals surface area (Å²) in [7, 11) is 0. The lowest BCUT2D eigenvalue weighted by Crippen LogP contribution is -2.45. The molecule has 102 valence electrons. The van der Waals surface area contributed by atoms with Gasteiger partial charge in [-0.05, 0) is 60.1 Å². The monoisotopic (exact) mass is 373 g/mol. The molecule has 0 aromatic heterocycles. The van der Waals surface area contributed by atoms with Crippen molar-refractivity contribution in [3.05, 3.63) is 33.4 Å². The SMILES string of the molecule is CC(C(=O)O)N(C(=O)Cc1cccc(I)c1)C1CC1. The van der Waals surface area contributed by atoms with E-state index >= 15 is 0 Å². The Balaban J connectivity index is 2.10. The molecule has 0 radical (unpaired) electrons. The van der Waals surface area contributed by atoms with Crippen molar-refractivity contribution in [1.82, 2.24) is 4.90 Å². The van der Waals surface area contributed by atoms with Crippen LogP contribution in [0.15, 0.2) is 24.3 Å². The highest BCUT2D eigenvalue weighted by Crippen LogP contribution is 2.29. The Bertz CT molecular complexity index is 499. The number of carbonyl (C=O) groups is 2. The zero-order valence-electron chi connectivity index (χ0n) is 10.7. The van der Waals surface area contributed by atoms with Crippen molar-refractivity contribution in [3.63, 3.8) is 0 Å². The van der Waals surface area contributed by atoms with Crippen LogP contribution in [-0.2, 0) is 16.0 Å². The van der Waals surface area contributed by atoms with E-state index in [-0.39, 0.29) is 18.4 Å². The third-order valence-corrected chi connectivity index (χ3v) is 3.92.